The molecular weight excluding hydrogens is 471 g/mol. The lowest BCUT2D eigenvalue weighted by atomic mass is 10.1. The minimum Gasteiger partial charge on any atom is -0.308 e. The van der Waals surface area contributed by atoms with Gasteiger partial charge in [-0.1, -0.05) is 29.0 Å². The highest BCUT2D eigenvalue weighted by atomic mass is 35.5. The Morgan fingerprint density at radius 2 is 1.72 bits per heavy atom. The molecule has 1 aliphatic heterocycles. The van der Waals surface area contributed by atoms with Crippen molar-refractivity contribution in [3.05, 3.63) is 53.1 Å². The molecule has 3 amide bonds. The fourth-order valence-electron chi connectivity index (χ4n) is 3.38. The third kappa shape index (κ3) is 4.78. The zero-order valence-corrected chi connectivity index (χ0v) is 20.0. The maximum absolute atomic E-state index is 13.4. The van der Waals surface area contributed by atoms with Gasteiger partial charge >= 0.3 is 0 Å². The molecule has 1 fully saturated rings. The Kier molecular flexibility index (Phi) is 7.51. The number of anilines is 2. The van der Waals surface area contributed by atoms with Gasteiger partial charge in [0.15, 0.2) is 5.13 Å². The summed E-state index contributed by atoms with van der Waals surface area (Å²) in [5, 5.41) is 1.12. The van der Waals surface area contributed by atoms with Gasteiger partial charge in [-0.05, 0) is 50.5 Å². The molecule has 2 aromatic carbocycles. The van der Waals surface area contributed by atoms with Crippen molar-refractivity contribution in [2.75, 3.05) is 37.0 Å². The second-order valence-electron chi connectivity index (χ2n) is 7.51. The number of hydrogen-bond donors (Lipinski definition) is 0. The Morgan fingerprint density at radius 1 is 1.06 bits per heavy atom. The van der Waals surface area contributed by atoms with Crippen LogP contribution in [0.2, 0.25) is 5.02 Å². The first-order valence-corrected chi connectivity index (χ1v) is 11.0. The van der Waals surface area contributed by atoms with Crippen molar-refractivity contribution in [3.8, 4) is 0 Å². The molecule has 0 N–H and O–H groups in total. The number of imide groups is 1. The maximum atomic E-state index is 13.4. The summed E-state index contributed by atoms with van der Waals surface area (Å²) in [6.07, 6.45) is 0.440. The van der Waals surface area contributed by atoms with E-state index in [9.17, 15) is 14.4 Å². The van der Waals surface area contributed by atoms with Gasteiger partial charge in [-0.25, -0.2) is 4.98 Å². The summed E-state index contributed by atoms with van der Waals surface area (Å²) in [6, 6.07) is 12.1. The Bertz CT molecular complexity index is 1150. The van der Waals surface area contributed by atoms with Crippen molar-refractivity contribution >= 4 is 74.1 Å². The van der Waals surface area contributed by atoms with Crippen molar-refractivity contribution in [1.29, 1.82) is 0 Å². The number of thiazole rings is 1. The largest absolute Gasteiger partial charge is 0.308 e. The van der Waals surface area contributed by atoms with Crippen LogP contribution in [0.15, 0.2) is 42.5 Å². The Hall–Kier alpha value is -2.52. The average Bonchev–Trinajstić information content (AvgIpc) is 3.32. The van der Waals surface area contributed by atoms with Crippen molar-refractivity contribution in [1.82, 2.24) is 9.88 Å². The first-order valence-electron chi connectivity index (χ1n) is 9.82. The minimum absolute atomic E-state index is 0. The predicted molar refractivity (Wildman–Crippen MR) is 130 cm³/mol. The summed E-state index contributed by atoms with van der Waals surface area (Å²) in [4.78, 5) is 46.7. The van der Waals surface area contributed by atoms with Crippen LogP contribution < -0.4 is 9.80 Å². The molecule has 2 heterocycles. The number of fused-ring (bicyclic) bond motifs is 1. The molecule has 3 aromatic rings. The third-order valence-corrected chi connectivity index (χ3v) is 6.38. The minimum atomic E-state index is -0.219. The lowest BCUT2D eigenvalue weighted by Gasteiger charge is -2.22. The van der Waals surface area contributed by atoms with Crippen LogP contribution >= 0.6 is 35.3 Å². The molecule has 4 rings (SSSR count). The fourth-order valence-corrected chi connectivity index (χ4v) is 4.67. The van der Waals surface area contributed by atoms with Gasteiger partial charge in [0.1, 0.15) is 5.52 Å². The SMILES string of the molecule is CN(C)CCN(C(=O)c1ccc(N2C(=O)CCC2=O)cc1)c1nc2c(Cl)cccc2s1.Cl. The summed E-state index contributed by atoms with van der Waals surface area (Å²) < 4.78 is 0.909. The highest BCUT2D eigenvalue weighted by molar-refractivity contribution is 7.22. The second-order valence-corrected chi connectivity index (χ2v) is 8.93. The highest BCUT2D eigenvalue weighted by Gasteiger charge is 2.30. The first-order chi connectivity index (χ1) is 14.8. The average molecular weight is 493 g/mol. The quantitative estimate of drug-likeness (QED) is 0.481. The van der Waals surface area contributed by atoms with Gasteiger partial charge in [0.2, 0.25) is 11.8 Å². The van der Waals surface area contributed by atoms with Gasteiger partial charge in [0, 0.05) is 31.5 Å². The van der Waals surface area contributed by atoms with E-state index in [1.54, 1.807) is 35.2 Å². The highest BCUT2D eigenvalue weighted by Crippen LogP contribution is 2.33. The zero-order chi connectivity index (χ0) is 22.1. The lowest BCUT2D eigenvalue weighted by Crippen LogP contribution is -2.36. The van der Waals surface area contributed by atoms with Crippen LogP contribution in [0.3, 0.4) is 0 Å². The number of para-hydroxylation sites is 1. The number of carbonyl (C=O) groups excluding carboxylic acids is 3. The molecule has 0 atom stereocenters. The fraction of sp³-hybridized carbons (Fsp3) is 0.273. The molecule has 7 nitrogen and oxygen atoms in total. The number of nitrogens with zero attached hydrogens (tertiary/aromatic N) is 4. The topological polar surface area (TPSA) is 73.8 Å². The van der Waals surface area contributed by atoms with Crippen molar-refractivity contribution in [2.45, 2.75) is 12.8 Å². The van der Waals surface area contributed by atoms with Gasteiger partial charge in [0.25, 0.3) is 5.91 Å². The molecule has 1 aromatic heterocycles. The number of aromatic nitrogens is 1. The summed E-state index contributed by atoms with van der Waals surface area (Å²) in [7, 11) is 3.88. The molecule has 10 heteroatoms. The Balaban J connectivity index is 0.00000289. The molecule has 1 aliphatic rings. The van der Waals surface area contributed by atoms with E-state index in [1.165, 1.54) is 16.2 Å². The molecule has 0 bridgehead atoms. The number of amides is 3. The smallest absolute Gasteiger partial charge is 0.260 e. The van der Waals surface area contributed by atoms with Crippen molar-refractivity contribution in [2.24, 2.45) is 0 Å². The molecule has 0 aliphatic carbocycles. The molecule has 168 valence electrons. The zero-order valence-electron chi connectivity index (χ0n) is 17.6. The van der Waals surface area contributed by atoms with Crippen LogP contribution in [-0.2, 0) is 9.59 Å². The van der Waals surface area contributed by atoms with Gasteiger partial charge < -0.3 is 4.90 Å². The van der Waals surface area contributed by atoms with E-state index in [4.69, 9.17) is 11.6 Å². The van der Waals surface area contributed by atoms with Crippen LogP contribution in [0.25, 0.3) is 10.2 Å². The van der Waals surface area contributed by atoms with E-state index in [0.29, 0.717) is 40.0 Å². The van der Waals surface area contributed by atoms with E-state index in [0.717, 1.165) is 4.70 Å². The van der Waals surface area contributed by atoms with Crippen LogP contribution in [0.4, 0.5) is 10.8 Å². The summed E-state index contributed by atoms with van der Waals surface area (Å²) in [5.41, 5.74) is 1.61. The van der Waals surface area contributed by atoms with Gasteiger partial charge in [-0.3, -0.25) is 24.2 Å². The van der Waals surface area contributed by atoms with Crippen molar-refractivity contribution < 1.29 is 14.4 Å². The van der Waals surface area contributed by atoms with E-state index in [1.807, 2.05) is 31.1 Å². The number of likely N-dealkylation sites (N-methyl/N-ethyl adjacent to an activating group) is 1. The monoisotopic (exact) mass is 492 g/mol. The van der Waals surface area contributed by atoms with Gasteiger partial charge in [0.05, 0.1) is 15.4 Å². The standard InChI is InChI=1S/C22H21ClN4O3S.ClH/c1-25(2)12-13-26(22-24-20-16(23)4-3-5-17(20)31-22)21(30)14-6-8-15(9-7-14)27-18(28)10-11-19(27)29;/h3-9H,10-13H2,1-2H3;1H. The molecule has 1 saturated heterocycles. The third-order valence-electron chi connectivity index (χ3n) is 5.03. The van der Waals surface area contributed by atoms with Crippen LogP contribution in [0.5, 0.6) is 0 Å². The second kappa shape index (κ2) is 9.95. The van der Waals surface area contributed by atoms with E-state index in [2.05, 4.69) is 4.98 Å². The summed E-state index contributed by atoms with van der Waals surface area (Å²) >= 11 is 7.69. The lowest BCUT2D eigenvalue weighted by molar-refractivity contribution is -0.121. The number of hydrogen-bond acceptors (Lipinski definition) is 6. The molecule has 0 saturated carbocycles. The molecule has 32 heavy (non-hydrogen) atoms. The summed E-state index contributed by atoms with van der Waals surface area (Å²) in [6.45, 7) is 1.11. The van der Waals surface area contributed by atoms with E-state index >= 15 is 0 Å². The van der Waals surface area contributed by atoms with E-state index < -0.39 is 0 Å². The van der Waals surface area contributed by atoms with E-state index in [-0.39, 0.29) is 43.0 Å². The number of benzene rings is 2. The predicted octanol–water partition coefficient (Wildman–Crippen LogP) is 4.23. The van der Waals surface area contributed by atoms with Crippen LogP contribution in [0, 0.1) is 0 Å². The normalized spacial score (nSPS) is 13.7. The Morgan fingerprint density at radius 3 is 2.31 bits per heavy atom. The molecule has 0 spiro atoms. The maximum Gasteiger partial charge on any atom is 0.260 e. The van der Waals surface area contributed by atoms with Crippen molar-refractivity contribution in [3.63, 3.8) is 0 Å². The first kappa shape index (κ1) is 24.1. The van der Waals surface area contributed by atoms with Crippen LogP contribution in [-0.4, -0.2) is 54.8 Å². The summed E-state index contributed by atoms with van der Waals surface area (Å²) in [5.74, 6) is -0.645. The van der Waals surface area contributed by atoms with Gasteiger partial charge in [-0.15, -0.1) is 12.4 Å². The van der Waals surface area contributed by atoms with Crippen LogP contribution in [0.1, 0.15) is 23.2 Å². The molecular formula is C22H22Cl2N4O3S. The van der Waals surface area contributed by atoms with Gasteiger partial charge in [-0.2, -0.15) is 0 Å². The number of carbonyl (C=O) groups is 3. The number of halogens is 2. The molecule has 0 radical (unpaired) electrons. The Labute approximate surface area is 201 Å². The molecule has 0 unspecified atom stereocenters. The number of rotatable bonds is 6.